The Morgan fingerprint density at radius 3 is 2.59 bits per heavy atom. The van der Waals surface area contributed by atoms with Crippen molar-refractivity contribution in [1.29, 1.82) is 0 Å². The van der Waals surface area contributed by atoms with Crippen LogP contribution in [0, 0.1) is 12.8 Å². The third-order valence-electron chi connectivity index (χ3n) is 6.13. The number of hydrogen-bond acceptors (Lipinski definition) is 7. The van der Waals surface area contributed by atoms with Gasteiger partial charge in [0.15, 0.2) is 5.82 Å². The van der Waals surface area contributed by atoms with Crippen molar-refractivity contribution in [2.24, 2.45) is 5.92 Å². The molecule has 150 valence electrons. The molecule has 0 saturated carbocycles. The third-order valence-corrected chi connectivity index (χ3v) is 6.13. The maximum absolute atomic E-state index is 12.9. The molecule has 0 radical (unpaired) electrons. The Hall–Kier alpha value is -1.51. The van der Waals surface area contributed by atoms with Crippen molar-refractivity contribution >= 4 is 5.91 Å². The summed E-state index contributed by atoms with van der Waals surface area (Å²) in [7, 11) is 0. The quantitative estimate of drug-likeness (QED) is 0.772. The molecule has 0 unspecified atom stereocenters. The van der Waals surface area contributed by atoms with Crippen LogP contribution in [0.2, 0.25) is 0 Å². The smallest absolute Gasteiger partial charge is 0.240 e. The number of carbonyl (C=O) groups excluding carboxylic acids is 1. The number of ether oxygens (including phenoxy) is 1. The van der Waals surface area contributed by atoms with E-state index in [2.05, 4.69) is 19.9 Å². The van der Waals surface area contributed by atoms with E-state index in [9.17, 15) is 4.79 Å². The number of nitrogens with zero attached hydrogens (tertiary/aromatic N) is 5. The van der Waals surface area contributed by atoms with E-state index in [0.29, 0.717) is 36.9 Å². The van der Waals surface area contributed by atoms with Crippen LogP contribution >= 0.6 is 0 Å². The van der Waals surface area contributed by atoms with Gasteiger partial charge in [-0.1, -0.05) is 5.16 Å². The molecule has 3 aliphatic heterocycles. The van der Waals surface area contributed by atoms with Crippen LogP contribution in [0.25, 0.3) is 0 Å². The first-order chi connectivity index (χ1) is 13.2. The highest BCUT2D eigenvalue weighted by Crippen LogP contribution is 2.25. The van der Waals surface area contributed by atoms with Gasteiger partial charge in [-0.15, -0.1) is 0 Å². The fraction of sp³-hybridized carbons (Fsp3) is 0.842. The highest BCUT2D eigenvalue weighted by Gasteiger charge is 2.34. The second kappa shape index (κ2) is 8.67. The maximum atomic E-state index is 12.9. The van der Waals surface area contributed by atoms with Crippen LogP contribution in [-0.4, -0.2) is 89.3 Å². The van der Waals surface area contributed by atoms with Gasteiger partial charge in [-0.05, 0) is 39.2 Å². The zero-order valence-corrected chi connectivity index (χ0v) is 16.3. The van der Waals surface area contributed by atoms with E-state index in [1.807, 2.05) is 11.8 Å². The van der Waals surface area contributed by atoms with Crippen molar-refractivity contribution in [1.82, 2.24) is 24.8 Å². The minimum absolute atomic E-state index is 0.163. The van der Waals surface area contributed by atoms with Gasteiger partial charge >= 0.3 is 0 Å². The summed E-state index contributed by atoms with van der Waals surface area (Å²) in [5.41, 5.74) is 0. The molecule has 0 N–H and O–H groups in total. The number of amides is 1. The zero-order valence-electron chi connectivity index (χ0n) is 16.3. The van der Waals surface area contributed by atoms with Crippen LogP contribution in [-0.2, 0) is 16.1 Å². The summed E-state index contributed by atoms with van der Waals surface area (Å²) in [4.78, 5) is 24.1. The normalized spacial score (nSPS) is 26.4. The van der Waals surface area contributed by atoms with E-state index in [1.165, 1.54) is 0 Å². The Kier molecular flexibility index (Phi) is 6.04. The highest BCUT2D eigenvalue weighted by atomic mass is 16.5. The summed E-state index contributed by atoms with van der Waals surface area (Å²) in [5, 5.41) is 3.87. The Balaban J connectivity index is 1.26. The van der Waals surface area contributed by atoms with Gasteiger partial charge in [0.05, 0.1) is 25.7 Å². The van der Waals surface area contributed by atoms with Crippen LogP contribution < -0.4 is 0 Å². The minimum Gasteiger partial charge on any atom is -0.378 e. The molecule has 8 heteroatoms. The first-order valence-corrected chi connectivity index (χ1v) is 10.3. The third kappa shape index (κ3) is 4.67. The van der Waals surface area contributed by atoms with Crippen molar-refractivity contribution in [3.63, 3.8) is 0 Å². The molecule has 3 saturated heterocycles. The van der Waals surface area contributed by atoms with Crippen LogP contribution in [0.4, 0.5) is 0 Å². The Labute approximate surface area is 160 Å². The van der Waals surface area contributed by atoms with Crippen LogP contribution in [0.5, 0.6) is 0 Å². The van der Waals surface area contributed by atoms with Crippen molar-refractivity contribution in [3.8, 4) is 0 Å². The fourth-order valence-electron chi connectivity index (χ4n) is 4.62. The topological polar surface area (TPSA) is 74.9 Å². The molecule has 1 aromatic rings. The number of likely N-dealkylation sites (tertiary alicyclic amines) is 2. The lowest BCUT2D eigenvalue weighted by atomic mass is 9.92. The minimum atomic E-state index is 0.163. The summed E-state index contributed by atoms with van der Waals surface area (Å²) in [6.07, 6.45) is 4.45. The summed E-state index contributed by atoms with van der Waals surface area (Å²) >= 11 is 0. The predicted molar refractivity (Wildman–Crippen MR) is 99.0 cm³/mol. The number of hydrogen-bond donors (Lipinski definition) is 0. The van der Waals surface area contributed by atoms with Gasteiger partial charge in [0.2, 0.25) is 11.8 Å². The van der Waals surface area contributed by atoms with Gasteiger partial charge in [-0.25, -0.2) is 0 Å². The van der Waals surface area contributed by atoms with Crippen molar-refractivity contribution in [3.05, 3.63) is 11.7 Å². The Morgan fingerprint density at radius 2 is 1.89 bits per heavy atom. The second-order valence-corrected chi connectivity index (χ2v) is 8.01. The standard InChI is InChI=1S/C19H31N5O3/c1-15-20-18(27-21-15)14-22-7-4-17(5-8-22)24-6-2-3-16(13-24)19(25)23-9-11-26-12-10-23/h16-17H,2-14H2,1H3/t16-/m0/s1. The average molecular weight is 377 g/mol. The largest absolute Gasteiger partial charge is 0.378 e. The number of piperidine rings is 2. The van der Waals surface area contributed by atoms with Crippen molar-refractivity contribution in [2.75, 3.05) is 52.5 Å². The van der Waals surface area contributed by atoms with Gasteiger partial charge < -0.3 is 14.2 Å². The van der Waals surface area contributed by atoms with Gasteiger partial charge in [0, 0.05) is 38.8 Å². The van der Waals surface area contributed by atoms with Gasteiger partial charge in [0.1, 0.15) is 0 Å². The highest BCUT2D eigenvalue weighted by molar-refractivity contribution is 5.79. The number of rotatable bonds is 4. The molecule has 8 nitrogen and oxygen atoms in total. The van der Waals surface area contributed by atoms with Crippen LogP contribution in [0.15, 0.2) is 4.52 Å². The Bertz CT molecular complexity index is 623. The molecule has 0 bridgehead atoms. The molecule has 1 amide bonds. The summed E-state index contributed by atoms with van der Waals surface area (Å²) in [5.74, 6) is 1.91. The molecule has 0 aliphatic carbocycles. The van der Waals surface area contributed by atoms with Gasteiger partial charge in [0.25, 0.3) is 0 Å². The SMILES string of the molecule is Cc1noc(CN2CCC(N3CCC[C@H](C(=O)N4CCOCC4)C3)CC2)n1. The molecule has 3 fully saturated rings. The van der Waals surface area contributed by atoms with E-state index in [-0.39, 0.29) is 5.92 Å². The number of morpholine rings is 1. The van der Waals surface area contributed by atoms with E-state index >= 15 is 0 Å². The second-order valence-electron chi connectivity index (χ2n) is 8.01. The molecule has 4 rings (SSSR count). The fourth-order valence-corrected chi connectivity index (χ4v) is 4.62. The summed E-state index contributed by atoms with van der Waals surface area (Å²) in [6, 6.07) is 0.589. The van der Waals surface area contributed by atoms with E-state index < -0.39 is 0 Å². The van der Waals surface area contributed by atoms with Crippen LogP contribution in [0.1, 0.15) is 37.4 Å². The van der Waals surface area contributed by atoms with Gasteiger partial charge in [-0.3, -0.25) is 14.6 Å². The number of aromatic nitrogens is 2. The lowest BCUT2D eigenvalue weighted by Gasteiger charge is -2.42. The van der Waals surface area contributed by atoms with Crippen molar-refractivity contribution < 1.29 is 14.1 Å². The van der Waals surface area contributed by atoms with E-state index in [0.717, 1.165) is 71.5 Å². The number of aryl methyl sites for hydroxylation is 1. The number of carbonyl (C=O) groups is 1. The van der Waals surface area contributed by atoms with Crippen LogP contribution in [0.3, 0.4) is 0 Å². The summed E-state index contributed by atoms with van der Waals surface area (Å²) < 4.78 is 10.6. The zero-order chi connectivity index (χ0) is 18.6. The first kappa shape index (κ1) is 18.8. The van der Waals surface area contributed by atoms with E-state index in [1.54, 1.807) is 0 Å². The molecule has 0 spiro atoms. The monoisotopic (exact) mass is 377 g/mol. The average Bonchev–Trinajstić information content (AvgIpc) is 3.13. The first-order valence-electron chi connectivity index (χ1n) is 10.3. The molecule has 4 heterocycles. The Morgan fingerprint density at radius 1 is 1.11 bits per heavy atom. The molecule has 1 atom stereocenters. The maximum Gasteiger partial charge on any atom is 0.240 e. The lowest BCUT2D eigenvalue weighted by molar-refractivity contribution is -0.142. The van der Waals surface area contributed by atoms with Crippen molar-refractivity contribution in [2.45, 2.75) is 45.2 Å². The predicted octanol–water partition coefficient (Wildman–Crippen LogP) is 0.913. The van der Waals surface area contributed by atoms with Gasteiger partial charge in [-0.2, -0.15) is 4.98 Å². The molecule has 0 aromatic carbocycles. The molecular weight excluding hydrogens is 346 g/mol. The lowest BCUT2D eigenvalue weighted by Crippen LogP contribution is -2.52. The van der Waals surface area contributed by atoms with E-state index in [4.69, 9.17) is 9.26 Å². The molecule has 1 aromatic heterocycles. The molecular formula is C19H31N5O3. The molecule has 27 heavy (non-hydrogen) atoms. The molecule has 3 aliphatic rings. The summed E-state index contributed by atoms with van der Waals surface area (Å²) in [6.45, 7) is 9.60.